The van der Waals surface area contributed by atoms with E-state index < -0.39 is 4.92 Å². The lowest BCUT2D eigenvalue weighted by molar-refractivity contribution is -0.384. The van der Waals surface area contributed by atoms with Gasteiger partial charge in [-0.1, -0.05) is 19.9 Å². The summed E-state index contributed by atoms with van der Waals surface area (Å²) in [5.41, 5.74) is 0.727. The molecule has 1 rings (SSSR count). The predicted octanol–water partition coefficient (Wildman–Crippen LogP) is 3.55. The lowest BCUT2D eigenvalue weighted by Gasteiger charge is -2.09. The van der Waals surface area contributed by atoms with Crippen LogP contribution in [0.3, 0.4) is 0 Å². The zero-order valence-corrected chi connectivity index (χ0v) is 13.5. The number of carbonyl (C=O) groups is 1. The Bertz CT molecular complexity index is 611. The van der Waals surface area contributed by atoms with Crippen LogP contribution in [-0.4, -0.2) is 22.5 Å². The van der Waals surface area contributed by atoms with Gasteiger partial charge in [0.2, 0.25) is 5.82 Å². The molecule has 0 saturated carbocycles. The van der Waals surface area contributed by atoms with Gasteiger partial charge in [0.05, 0.1) is 4.92 Å². The molecule has 1 unspecified atom stereocenters. The minimum absolute atomic E-state index is 0.0782. The van der Waals surface area contributed by atoms with Crippen LogP contribution in [0.1, 0.15) is 38.8 Å². The molecule has 1 aromatic rings. The molecular formula is C16H21N3O4. The number of pyridine rings is 1. The summed E-state index contributed by atoms with van der Waals surface area (Å²) in [6.45, 7) is 5.57. The first-order chi connectivity index (χ1) is 11.0. The van der Waals surface area contributed by atoms with Crippen LogP contribution in [0.2, 0.25) is 0 Å². The quantitative estimate of drug-likeness (QED) is 0.341. The molecular weight excluding hydrogens is 298 g/mol. The Hall–Kier alpha value is -2.70. The summed E-state index contributed by atoms with van der Waals surface area (Å²) in [5, 5.41) is 13.9. The Labute approximate surface area is 135 Å². The molecule has 7 nitrogen and oxygen atoms in total. The summed E-state index contributed by atoms with van der Waals surface area (Å²) in [6.07, 6.45) is 7.40. The molecule has 0 aliphatic rings. The Balaban J connectivity index is 2.76. The molecule has 0 amide bonds. The van der Waals surface area contributed by atoms with E-state index in [2.05, 4.69) is 10.3 Å². The fourth-order valence-electron chi connectivity index (χ4n) is 1.69. The van der Waals surface area contributed by atoms with Crippen LogP contribution in [0.5, 0.6) is 0 Å². The van der Waals surface area contributed by atoms with E-state index in [1.807, 2.05) is 13.8 Å². The number of nitrogens with one attached hydrogen (secondary N) is 1. The van der Waals surface area contributed by atoms with Crippen LogP contribution >= 0.6 is 0 Å². The lowest BCUT2D eigenvalue weighted by Crippen LogP contribution is -2.03. The Morgan fingerprint density at radius 2 is 2.22 bits per heavy atom. The second-order valence-electron chi connectivity index (χ2n) is 4.90. The van der Waals surface area contributed by atoms with Gasteiger partial charge >= 0.3 is 11.7 Å². The molecule has 124 valence electrons. The van der Waals surface area contributed by atoms with Gasteiger partial charge in [-0.25, -0.2) is 4.98 Å². The van der Waals surface area contributed by atoms with Gasteiger partial charge in [-0.2, -0.15) is 0 Å². The number of aromatic nitrogens is 1. The van der Waals surface area contributed by atoms with Crippen molar-refractivity contribution in [1.29, 1.82) is 0 Å². The number of anilines is 1. The normalized spacial score (nSPS) is 12.5. The highest BCUT2D eigenvalue weighted by atomic mass is 16.6. The van der Waals surface area contributed by atoms with E-state index in [9.17, 15) is 14.9 Å². The topological polar surface area (TPSA) is 94.4 Å². The van der Waals surface area contributed by atoms with Gasteiger partial charge in [-0.05, 0) is 30.6 Å². The summed E-state index contributed by atoms with van der Waals surface area (Å²) in [7, 11) is 0. The third kappa shape index (κ3) is 6.29. The largest absolute Gasteiger partial charge is 0.462 e. The second kappa shape index (κ2) is 9.34. The predicted molar refractivity (Wildman–Crippen MR) is 88.1 cm³/mol. The molecule has 7 heteroatoms. The molecule has 0 spiro atoms. The minimum Gasteiger partial charge on any atom is -0.462 e. The second-order valence-corrected chi connectivity index (χ2v) is 4.90. The van der Waals surface area contributed by atoms with Crippen molar-refractivity contribution >= 4 is 17.5 Å². The molecule has 0 saturated heterocycles. The molecule has 1 atom stereocenters. The minimum atomic E-state index is -0.472. The molecule has 0 radical (unpaired) electrons. The molecule has 0 aliphatic heterocycles. The van der Waals surface area contributed by atoms with E-state index in [0.29, 0.717) is 0 Å². The van der Waals surface area contributed by atoms with Gasteiger partial charge in [0.15, 0.2) is 0 Å². The number of hydrogen-bond acceptors (Lipinski definition) is 6. The number of ether oxygens (including phenoxy) is 1. The van der Waals surface area contributed by atoms with Crippen molar-refractivity contribution in [2.45, 2.75) is 33.1 Å². The average Bonchev–Trinajstić information content (AvgIpc) is 2.52. The number of allylic oxidation sites excluding steroid dienone is 2. The first-order valence-electron chi connectivity index (χ1n) is 7.32. The van der Waals surface area contributed by atoms with Crippen LogP contribution in [0.4, 0.5) is 11.5 Å². The van der Waals surface area contributed by atoms with Crippen molar-refractivity contribution in [2.24, 2.45) is 0 Å². The molecule has 0 bridgehead atoms. The van der Waals surface area contributed by atoms with Crippen molar-refractivity contribution in [3.05, 3.63) is 52.4 Å². The van der Waals surface area contributed by atoms with Gasteiger partial charge in [-0.3, -0.25) is 14.9 Å². The zero-order chi connectivity index (χ0) is 17.2. The number of rotatable bonds is 8. The lowest BCUT2D eigenvalue weighted by atomic mass is 10.0. The summed E-state index contributed by atoms with van der Waals surface area (Å²) in [6, 6.07) is 3.14. The highest BCUT2D eigenvalue weighted by molar-refractivity contribution is 5.66. The molecule has 1 N–H and O–H groups in total. The average molecular weight is 319 g/mol. The number of esters is 1. The van der Waals surface area contributed by atoms with E-state index in [1.165, 1.54) is 13.0 Å². The Morgan fingerprint density at radius 3 is 2.83 bits per heavy atom. The van der Waals surface area contributed by atoms with Crippen molar-refractivity contribution in [3.8, 4) is 0 Å². The van der Waals surface area contributed by atoms with Crippen molar-refractivity contribution in [2.75, 3.05) is 11.9 Å². The van der Waals surface area contributed by atoms with Crippen molar-refractivity contribution < 1.29 is 14.5 Å². The van der Waals surface area contributed by atoms with Crippen molar-refractivity contribution in [1.82, 2.24) is 4.98 Å². The summed E-state index contributed by atoms with van der Waals surface area (Å²) >= 11 is 0. The van der Waals surface area contributed by atoms with Crippen LogP contribution in [0.25, 0.3) is 0 Å². The maximum Gasteiger partial charge on any atom is 0.311 e. The number of nitro groups is 1. The van der Waals surface area contributed by atoms with Gasteiger partial charge in [-0.15, -0.1) is 0 Å². The standard InChI is InChI=1S/C16H21N3O4/c1-4-12(2)14-8-9-15(19(21)22)16(18-14)17-10-6-5-7-11-23-13(3)20/h5-10,12H,4,11H2,1-3H3,(H,17,18)/b7-5+,10-6+. The fourth-order valence-corrected chi connectivity index (χ4v) is 1.69. The van der Waals surface area contributed by atoms with Crippen LogP contribution in [0, 0.1) is 10.1 Å². The van der Waals surface area contributed by atoms with E-state index >= 15 is 0 Å². The van der Waals surface area contributed by atoms with Gasteiger partial charge in [0, 0.05) is 24.9 Å². The molecule has 23 heavy (non-hydrogen) atoms. The number of carbonyl (C=O) groups excluding carboxylic acids is 1. The summed E-state index contributed by atoms with van der Waals surface area (Å²) in [4.78, 5) is 25.5. The monoisotopic (exact) mass is 319 g/mol. The Morgan fingerprint density at radius 1 is 1.48 bits per heavy atom. The maximum atomic E-state index is 11.0. The van der Waals surface area contributed by atoms with Crippen LogP contribution in [0.15, 0.2) is 36.6 Å². The van der Waals surface area contributed by atoms with Gasteiger partial charge < -0.3 is 10.1 Å². The summed E-state index contributed by atoms with van der Waals surface area (Å²) < 4.78 is 4.73. The van der Waals surface area contributed by atoms with E-state index in [4.69, 9.17) is 4.74 Å². The van der Waals surface area contributed by atoms with Gasteiger partial charge in [0.25, 0.3) is 0 Å². The third-order valence-corrected chi connectivity index (χ3v) is 3.16. The summed E-state index contributed by atoms with van der Waals surface area (Å²) in [5.74, 6) is 0.0832. The smallest absolute Gasteiger partial charge is 0.311 e. The van der Waals surface area contributed by atoms with E-state index in [0.717, 1.165) is 12.1 Å². The molecule has 0 aromatic carbocycles. The molecule has 0 fully saturated rings. The third-order valence-electron chi connectivity index (χ3n) is 3.16. The first kappa shape index (κ1) is 18.3. The number of nitrogens with zero attached hydrogens (tertiary/aromatic N) is 2. The van der Waals surface area contributed by atoms with Crippen LogP contribution < -0.4 is 5.32 Å². The highest BCUT2D eigenvalue weighted by Crippen LogP contribution is 2.26. The SMILES string of the molecule is CCC(C)c1ccc([N+](=O)[O-])c(N/C=C/C=C/COC(C)=O)n1. The Kier molecular flexibility index (Phi) is 7.45. The molecule has 0 aliphatic carbocycles. The zero-order valence-electron chi connectivity index (χ0n) is 13.5. The molecule has 1 heterocycles. The van der Waals surface area contributed by atoms with Crippen molar-refractivity contribution in [3.63, 3.8) is 0 Å². The maximum absolute atomic E-state index is 11.0. The highest BCUT2D eigenvalue weighted by Gasteiger charge is 2.16. The van der Waals surface area contributed by atoms with E-state index in [-0.39, 0.29) is 30.0 Å². The number of hydrogen-bond donors (Lipinski definition) is 1. The first-order valence-corrected chi connectivity index (χ1v) is 7.32. The molecule has 1 aromatic heterocycles. The van der Waals surface area contributed by atoms with Gasteiger partial charge in [0.1, 0.15) is 6.61 Å². The van der Waals surface area contributed by atoms with Crippen LogP contribution in [-0.2, 0) is 9.53 Å². The van der Waals surface area contributed by atoms with E-state index in [1.54, 1.807) is 30.5 Å². The fraction of sp³-hybridized carbons (Fsp3) is 0.375.